The molecule has 3 aromatic heterocycles. The first kappa shape index (κ1) is 17.4. The van der Waals surface area contributed by atoms with Gasteiger partial charge in [-0.3, -0.25) is 4.98 Å². The lowest BCUT2D eigenvalue weighted by Crippen LogP contribution is -1.95. The summed E-state index contributed by atoms with van der Waals surface area (Å²) in [4.78, 5) is 9.17. The average molecular weight is 380 g/mol. The molecule has 0 radical (unpaired) electrons. The lowest BCUT2D eigenvalue weighted by molar-refractivity contribution is 0.317. The SMILES string of the molecule is CCCOc1ccc(-c2cnc3c(-c4ccnc5ccccc45)cnn3c2)cc1. The second kappa shape index (κ2) is 7.36. The Morgan fingerprint density at radius 2 is 1.72 bits per heavy atom. The minimum absolute atomic E-state index is 0.729. The summed E-state index contributed by atoms with van der Waals surface area (Å²) in [5.41, 5.74) is 5.96. The van der Waals surface area contributed by atoms with Gasteiger partial charge in [-0.1, -0.05) is 37.3 Å². The highest BCUT2D eigenvalue weighted by Gasteiger charge is 2.12. The Morgan fingerprint density at radius 3 is 2.59 bits per heavy atom. The van der Waals surface area contributed by atoms with Gasteiger partial charge in [0, 0.05) is 35.1 Å². The van der Waals surface area contributed by atoms with Crippen molar-refractivity contribution in [3.63, 3.8) is 0 Å². The predicted molar refractivity (Wildman–Crippen MR) is 115 cm³/mol. The van der Waals surface area contributed by atoms with Crippen LogP contribution in [0.3, 0.4) is 0 Å². The molecule has 0 aliphatic rings. The summed E-state index contributed by atoms with van der Waals surface area (Å²) in [5.74, 6) is 0.885. The molecule has 0 saturated heterocycles. The van der Waals surface area contributed by atoms with Crippen LogP contribution in [0.25, 0.3) is 38.8 Å². The van der Waals surface area contributed by atoms with Crippen LogP contribution < -0.4 is 4.74 Å². The maximum atomic E-state index is 5.67. The van der Waals surface area contributed by atoms with Crippen molar-refractivity contribution in [2.75, 3.05) is 6.61 Å². The molecule has 0 amide bonds. The fourth-order valence-electron chi connectivity index (χ4n) is 3.51. The molecule has 0 bridgehead atoms. The zero-order valence-electron chi connectivity index (χ0n) is 16.1. The summed E-state index contributed by atoms with van der Waals surface area (Å²) in [6.45, 7) is 2.83. The molecule has 5 heteroatoms. The van der Waals surface area contributed by atoms with Crippen LogP contribution in [0.1, 0.15) is 13.3 Å². The molecule has 3 heterocycles. The first-order valence-electron chi connectivity index (χ1n) is 9.74. The van der Waals surface area contributed by atoms with Crippen molar-refractivity contribution < 1.29 is 4.74 Å². The Morgan fingerprint density at radius 1 is 0.862 bits per heavy atom. The van der Waals surface area contributed by atoms with E-state index in [1.165, 1.54) is 0 Å². The van der Waals surface area contributed by atoms with E-state index in [1.54, 1.807) is 0 Å². The second-order valence-electron chi connectivity index (χ2n) is 6.92. The largest absolute Gasteiger partial charge is 0.494 e. The van der Waals surface area contributed by atoms with Crippen LogP contribution in [0, 0.1) is 0 Å². The summed E-state index contributed by atoms with van der Waals surface area (Å²) in [6.07, 6.45) is 8.60. The smallest absolute Gasteiger partial charge is 0.162 e. The van der Waals surface area contributed by atoms with Gasteiger partial charge >= 0.3 is 0 Å². The highest BCUT2D eigenvalue weighted by Crippen LogP contribution is 2.30. The highest BCUT2D eigenvalue weighted by molar-refractivity contribution is 5.97. The molecule has 5 nitrogen and oxygen atoms in total. The highest BCUT2D eigenvalue weighted by atomic mass is 16.5. The molecule has 0 spiro atoms. The Labute approximate surface area is 168 Å². The van der Waals surface area contributed by atoms with Crippen molar-refractivity contribution in [1.82, 2.24) is 19.6 Å². The first-order valence-corrected chi connectivity index (χ1v) is 9.74. The lowest BCUT2D eigenvalue weighted by atomic mass is 10.0. The fourth-order valence-corrected chi connectivity index (χ4v) is 3.51. The molecule has 0 aliphatic heterocycles. The van der Waals surface area contributed by atoms with Gasteiger partial charge in [-0.05, 0) is 41.8 Å². The van der Waals surface area contributed by atoms with Gasteiger partial charge in [0.2, 0.25) is 0 Å². The second-order valence-corrected chi connectivity index (χ2v) is 6.92. The van der Waals surface area contributed by atoms with Crippen LogP contribution >= 0.6 is 0 Å². The molecule has 142 valence electrons. The monoisotopic (exact) mass is 380 g/mol. The van der Waals surface area contributed by atoms with Crippen molar-refractivity contribution in [2.24, 2.45) is 0 Å². The number of nitrogens with zero attached hydrogens (tertiary/aromatic N) is 4. The summed E-state index contributed by atoms with van der Waals surface area (Å²) in [7, 11) is 0. The Bertz CT molecular complexity index is 1290. The van der Waals surface area contributed by atoms with Crippen LogP contribution in [0.4, 0.5) is 0 Å². The molecular formula is C24H20N4O. The number of para-hydroxylation sites is 1. The molecule has 0 fully saturated rings. The van der Waals surface area contributed by atoms with Gasteiger partial charge in [-0.15, -0.1) is 0 Å². The molecule has 0 saturated carbocycles. The number of hydrogen-bond acceptors (Lipinski definition) is 4. The Balaban J connectivity index is 1.53. The van der Waals surface area contributed by atoms with Gasteiger partial charge in [0.15, 0.2) is 5.65 Å². The van der Waals surface area contributed by atoms with E-state index in [0.29, 0.717) is 0 Å². The molecule has 0 unspecified atom stereocenters. The first-order chi connectivity index (χ1) is 14.3. The van der Waals surface area contributed by atoms with E-state index >= 15 is 0 Å². The molecule has 2 aromatic carbocycles. The van der Waals surface area contributed by atoms with E-state index in [2.05, 4.69) is 35.2 Å². The molecular weight excluding hydrogens is 360 g/mol. The van der Waals surface area contributed by atoms with Crippen molar-refractivity contribution in [3.8, 4) is 28.0 Å². The summed E-state index contributed by atoms with van der Waals surface area (Å²) in [6, 6.07) is 18.2. The zero-order chi connectivity index (χ0) is 19.6. The van der Waals surface area contributed by atoms with E-state index in [0.717, 1.165) is 57.6 Å². The van der Waals surface area contributed by atoms with E-state index in [1.807, 2.05) is 65.7 Å². The number of fused-ring (bicyclic) bond motifs is 2. The number of hydrogen-bond donors (Lipinski definition) is 0. The number of pyridine rings is 1. The van der Waals surface area contributed by atoms with E-state index < -0.39 is 0 Å². The van der Waals surface area contributed by atoms with Crippen molar-refractivity contribution in [3.05, 3.63) is 79.4 Å². The maximum absolute atomic E-state index is 5.67. The fraction of sp³-hybridized carbons (Fsp3) is 0.125. The minimum Gasteiger partial charge on any atom is -0.494 e. The zero-order valence-corrected chi connectivity index (χ0v) is 16.1. The molecule has 0 N–H and O–H groups in total. The maximum Gasteiger partial charge on any atom is 0.162 e. The Hall–Kier alpha value is -3.73. The van der Waals surface area contributed by atoms with Crippen LogP contribution in [0.15, 0.2) is 79.4 Å². The van der Waals surface area contributed by atoms with Crippen molar-refractivity contribution in [2.45, 2.75) is 13.3 Å². The average Bonchev–Trinajstić information content (AvgIpc) is 3.21. The van der Waals surface area contributed by atoms with Crippen LogP contribution in [-0.4, -0.2) is 26.2 Å². The summed E-state index contributed by atoms with van der Waals surface area (Å²) >= 11 is 0. The Kier molecular flexibility index (Phi) is 4.41. The van der Waals surface area contributed by atoms with Crippen LogP contribution in [0.5, 0.6) is 5.75 Å². The van der Waals surface area contributed by atoms with Gasteiger partial charge in [-0.25, -0.2) is 9.50 Å². The summed E-state index contributed by atoms with van der Waals surface area (Å²) < 4.78 is 7.50. The molecule has 5 aromatic rings. The lowest BCUT2D eigenvalue weighted by Gasteiger charge is -2.07. The number of aromatic nitrogens is 4. The third kappa shape index (κ3) is 3.21. The summed E-state index contributed by atoms with van der Waals surface area (Å²) in [5, 5.41) is 5.65. The van der Waals surface area contributed by atoms with Gasteiger partial charge in [0.05, 0.1) is 18.3 Å². The molecule has 0 aliphatic carbocycles. The van der Waals surface area contributed by atoms with Gasteiger partial charge in [0.25, 0.3) is 0 Å². The molecule has 0 atom stereocenters. The topological polar surface area (TPSA) is 52.3 Å². The van der Waals surface area contributed by atoms with Gasteiger partial charge in [-0.2, -0.15) is 5.10 Å². The number of ether oxygens (including phenoxy) is 1. The third-order valence-electron chi connectivity index (χ3n) is 4.96. The van der Waals surface area contributed by atoms with Crippen LogP contribution in [0.2, 0.25) is 0 Å². The predicted octanol–water partition coefficient (Wildman–Crippen LogP) is 5.40. The molecule has 5 rings (SSSR count). The van der Waals surface area contributed by atoms with Crippen molar-refractivity contribution >= 4 is 16.6 Å². The number of rotatable bonds is 5. The normalized spacial score (nSPS) is 11.2. The number of benzene rings is 2. The van der Waals surface area contributed by atoms with E-state index in [4.69, 9.17) is 9.72 Å². The van der Waals surface area contributed by atoms with E-state index in [9.17, 15) is 0 Å². The van der Waals surface area contributed by atoms with Gasteiger partial charge < -0.3 is 4.74 Å². The molecule has 29 heavy (non-hydrogen) atoms. The third-order valence-corrected chi connectivity index (χ3v) is 4.96. The van der Waals surface area contributed by atoms with E-state index in [-0.39, 0.29) is 0 Å². The van der Waals surface area contributed by atoms with Gasteiger partial charge in [0.1, 0.15) is 5.75 Å². The quantitative estimate of drug-likeness (QED) is 0.410. The standard InChI is InChI=1S/C24H20N4O/c1-2-13-29-19-9-7-17(8-10-19)18-14-26-24-22(15-27-28(24)16-18)20-11-12-25-23-6-4-3-5-21(20)23/h3-12,14-16H,2,13H2,1H3. The van der Waals surface area contributed by atoms with Crippen LogP contribution in [-0.2, 0) is 0 Å². The van der Waals surface area contributed by atoms with Crippen molar-refractivity contribution in [1.29, 1.82) is 0 Å². The minimum atomic E-state index is 0.729.